The van der Waals surface area contributed by atoms with Gasteiger partial charge in [-0.25, -0.2) is 13.6 Å². The zero-order chi connectivity index (χ0) is 12.9. The number of methoxy groups -OCH3 is 1. The van der Waals surface area contributed by atoms with Crippen LogP contribution < -0.4 is 10.5 Å². The Hall–Kier alpha value is -1.11. The molecule has 1 rings (SSSR count). The molecule has 96 valence electrons. The van der Waals surface area contributed by atoms with Gasteiger partial charge in [0.2, 0.25) is 10.0 Å². The second-order valence-electron chi connectivity index (χ2n) is 3.98. The van der Waals surface area contributed by atoms with E-state index >= 15 is 0 Å². The highest BCUT2D eigenvalue weighted by molar-refractivity contribution is 7.89. The van der Waals surface area contributed by atoms with Crippen molar-refractivity contribution in [1.29, 1.82) is 0 Å². The van der Waals surface area contributed by atoms with E-state index in [1.54, 1.807) is 25.3 Å². The lowest BCUT2D eigenvalue weighted by Gasteiger charge is -2.14. The van der Waals surface area contributed by atoms with Gasteiger partial charge in [-0.3, -0.25) is 0 Å². The Morgan fingerprint density at radius 3 is 2.65 bits per heavy atom. The van der Waals surface area contributed by atoms with Crippen LogP contribution in [0.2, 0.25) is 0 Å². The van der Waals surface area contributed by atoms with E-state index in [1.165, 1.54) is 6.07 Å². The average molecular weight is 258 g/mol. The van der Waals surface area contributed by atoms with E-state index in [-0.39, 0.29) is 10.8 Å². The number of anilines is 1. The number of hydrogen-bond acceptors (Lipinski definition) is 4. The SMILES string of the molecule is COCC(C)CNc1ccccc1S(N)(=O)=O. The van der Waals surface area contributed by atoms with Gasteiger partial charge in [0.15, 0.2) is 0 Å². The Bertz CT molecular complexity index is 460. The first-order valence-corrected chi connectivity index (χ1v) is 6.84. The lowest BCUT2D eigenvalue weighted by Crippen LogP contribution is -2.19. The lowest BCUT2D eigenvalue weighted by atomic mass is 10.2. The first-order valence-electron chi connectivity index (χ1n) is 5.29. The topological polar surface area (TPSA) is 81.4 Å². The third-order valence-electron chi connectivity index (χ3n) is 2.29. The van der Waals surface area contributed by atoms with E-state index in [4.69, 9.17) is 9.88 Å². The Morgan fingerprint density at radius 2 is 2.06 bits per heavy atom. The molecule has 0 amide bonds. The number of nitrogens with one attached hydrogen (secondary N) is 1. The Labute approximate surface area is 102 Å². The van der Waals surface area contributed by atoms with Crippen molar-refractivity contribution < 1.29 is 13.2 Å². The van der Waals surface area contributed by atoms with Crippen LogP contribution in [-0.4, -0.2) is 28.7 Å². The van der Waals surface area contributed by atoms with Crippen LogP contribution in [0.3, 0.4) is 0 Å². The third kappa shape index (κ3) is 4.33. The van der Waals surface area contributed by atoms with E-state index in [2.05, 4.69) is 5.32 Å². The second kappa shape index (κ2) is 6.00. The van der Waals surface area contributed by atoms with Crippen LogP contribution >= 0.6 is 0 Å². The van der Waals surface area contributed by atoms with Crippen LogP contribution in [0.4, 0.5) is 5.69 Å². The Morgan fingerprint density at radius 1 is 1.41 bits per heavy atom. The van der Waals surface area contributed by atoms with Gasteiger partial charge in [0.25, 0.3) is 0 Å². The van der Waals surface area contributed by atoms with Crippen LogP contribution in [0.25, 0.3) is 0 Å². The number of ether oxygens (including phenoxy) is 1. The van der Waals surface area contributed by atoms with Crippen LogP contribution in [0, 0.1) is 5.92 Å². The van der Waals surface area contributed by atoms with E-state index in [1.807, 2.05) is 6.92 Å². The van der Waals surface area contributed by atoms with Crippen molar-refractivity contribution >= 4 is 15.7 Å². The molecule has 0 spiro atoms. The van der Waals surface area contributed by atoms with Gasteiger partial charge >= 0.3 is 0 Å². The molecule has 0 saturated heterocycles. The highest BCUT2D eigenvalue weighted by atomic mass is 32.2. The van der Waals surface area contributed by atoms with Crippen LogP contribution in [0.15, 0.2) is 29.2 Å². The first kappa shape index (κ1) is 14.0. The van der Waals surface area contributed by atoms with Gasteiger partial charge in [-0.1, -0.05) is 19.1 Å². The molecule has 0 fully saturated rings. The summed E-state index contributed by atoms with van der Waals surface area (Å²) in [7, 11) is -2.05. The molecule has 5 nitrogen and oxygen atoms in total. The molecular formula is C11H18N2O3S. The zero-order valence-electron chi connectivity index (χ0n) is 10.0. The second-order valence-corrected chi connectivity index (χ2v) is 5.51. The van der Waals surface area contributed by atoms with Gasteiger partial charge in [-0.05, 0) is 18.1 Å². The molecule has 0 bridgehead atoms. The summed E-state index contributed by atoms with van der Waals surface area (Å²) in [6.45, 7) is 3.25. The van der Waals surface area contributed by atoms with Gasteiger partial charge < -0.3 is 10.1 Å². The molecule has 3 N–H and O–H groups in total. The van der Waals surface area contributed by atoms with Crippen molar-refractivity contribution in [2.45, 2.75) is 11.8 Å². The fourth-order valence-corrected chi connectivity index (χ4v) is 2.20. The Balaban J connectivity index is 2.78. The number of primary sulfonamides is 1. The van der Waals surface area contributed by atoms with Crippen LogP contribution in [0.5, 0.6) is 0 Å². The summed E-state index contributed by atoms with van der Waals surface area (Å²) in [5.41, 5.74) is 0.526. The fraction of sp³-hybridized carbons (Fsp3) is 0.455. The quantitative estimate of drug-likeness (QED) is 0.798. The molecule has 1 unspecified atom stereocenters. The summed E-state index contributed by atoms with van der Waals surface area (Å²) in [6.07, 6.45) is 0. The summed E-state index contributed by atoms with van der Waals surface area (Å²) < 4.78 is 27.7. The number of rotatable bonds is 6. The van der Waals surface area contributed by atoms with Crippen LogP contribution in [-0.2, 0) is 14.8 Å². The first-order chi connectivity index (χ1) is 7.95. The highest BCUT2D eigenvalue weighted by Gasteiger charge is 2.13. The van der Waals surface area contributed by atoms with E-state index in [0.29, 0.717) is 18.8 Å². The molecule has 0 aromatic heterocycles. The van der Waals surface area contributed by atoms with Crippen LogP contribution in [0.1, 0.15) is 6.92 Å². The minimum atomic E-state index is -3.69. The lowest BCUT2D eigenvalue weighted by molar-refractivity contribution is 0.164. The van der Waals surface area contributed by atoms with E-state index < -0.39 is 10.0 Å². The fourth-order valence-electron chi connectivity index (χ4n) is 1.49. The normalized spacial score (nSPS) is 13.4. The van der Waals surface area contributed by atoms with Gasteiger partial charge in [-0.2, -0.15) is 0 Å². The van der Waals surface area contributed by atoms with Gasteiger partial charge in [0.05, 0.1) is 12.3 Å². The average Bonchev–Trinajstić information content (AvgIpc) is 2.26. The predicted molar refractivity (Wildman–Crippen MR) is 67.3 cm³/mol. The number of hydrogen-bond donors (Lipinski definition) is 2. The van der Waals surface area contributed by atoms with Crippen molar-refractivity contribution in [2.24, 2.45) is 11.1 Å². The molecule has 17 heavy (non-hydrogen) atoms. The molecule has 6 heteroatoms. The predicted octanol–water partition coefficient (Wildman–Crippen LogP) is 1.03. The number of benzene rings is 1. The minimum Gasteiger partial charge on any atom is -0.384 e. The van der Waals surface area contributed by atoms with E-state index in [9.17, 15) is 8.42 Å². The molecule has 0 aliphatic rings. The summed E-state index contributed by atoms with van der Waals surface area (Å²) in [5.74, 6) is 0.286. The number of nitrogens with two attached hydrogens (primary N) is 1. The minimum absolute atomic E-state index is 0.115. The molecule has 1 atom stereocenters. The summed E-state index contributed by atoms with van der Waals surface area (Å²) >= 11 is 0. The maximum atomic E-state index is 11.3. The maximum absolute atomic E-state index is 11.3. The zero-order valence-corrected chi connectivity index (χ0v) is 10.8. The van der Waals surface area contributed by atoms with Crippen molar-refractivity contribution in [2.75, 3.05) is 25.6 Å². The number of sulfonamides is 1. The Kier molecular flexibility index (Phi) is 4.92. The van der Waals surface area contributed by atoms with Gasteiger partial charge in [-0.15, -0.1) is 0 Å². The molecular weight excluding hydrogens is 240 g/mol. The molecule has 0 heterocycles. The highest BCUT2D eigenvalue weighted by Crippen LogP contribution is 2.19. The molecule has 1 aromatic rings. The monoisotopic (exact) mass is 258 g/mol. The van der Waals surface area contributed by atoms with Crippen molar-refractivity contribution in [3.05, 3.63) is 24.3 Å². The number of para-hydroxylation sites is 1. The molecule has 0 radical (unpaired) electrons. The standard InChI is InChI=1S/C11H18N2O3S/c1-9(8-16-2)7-13-10-5-3-4-6-11(10)17(12,14)15/h3-6,9,13H,7-8H2,1-2H3,(H2,12,14,15). The van der Waals surface area contributed by atoms with Gasteiger partial charge in [0.1, 0.15) is 4.90 Å². The maximum Gasteiger partial charge on any atom is 0.240 e. The molecule has 0 aliphatic heterocycles. The smallest absolute Gasteiger partial charge is 0.240 e. The molecule has 1 aromatic carbocycles. The summed E-state index contributed by atoms with van der Waals surface area (Å²) in [5, 5.41) is 8.20. The van der Waals surface area contributed by atoms with Gasteiger partial charge in [0, 0.05) is 13.7 Å². The van der Waals surface area contributed by atoms with Crippen molar-refractivity contribution in [1.82, 2.24) is 0 Å². The molecule has 0 saturated carbocycles. The van der Waals surface area contributed by atoms with Crippen molar-refractivity contribution in [3.8, 4) is 0 Å². The third-order valence-corrected chi connectivity index (χ3v) is 3.25. The van der Waals surface area contributed by atoms with Crippen molar-refractivity contribution in [3.63, 3.8) is 0 Å². The molecule has 0 aliphatic carbocycles. The summed E-state index contributed by atoms with van der Waals surface area (Å²) in [4.78, 5) is 0.115. The summed E-state index contributed by atoms with van der Waals surface area (Å²) in [6, 6.07) is 6.58. The largest absolute Gasteiger partial charge is 0.384 e. The van der Waals surface area contributed by atoms with E-state index in [0.717, 1.165) is 0 Å².